The zero-order valence-electron chi connectivity index (χ0n) is 12.0. The summed E-state index contributed by atoms with van der Waals surface area (Å²) in [5.41, 5.74) is -0.361. The summed E-state index contributed by atoms with van der Waals surface area (Å²) in [5, 5.41) is 9.04. The second kappa shape index (κ2) is 6.66. The first-order chi connectivity index (χ1) is 9.91. The van der Waals surface area contributed by atoms with Crippen LogP contribution in [0, 0.1) is 5.92 Å². The van der Waals surface area contributed by atoms with Crippen molar-refractivity contribution in [3.8, 4) is 0 Å². The summed E-state index contributed by atoms with van der Waals surface area (Å²) in [6, 6.07) is 4.06. The SMILES string of the molecule is CN(CC1CCCOC1)c1ccc(CO)c(C(F)(F)F)c1. The lowest BCUT2D eigenvalue weighted by atomic mass is 10.0. The second-order valence-corrected chi connectivity index (χ2v) is 5.46. The minimum atomic E-state index is -4.46. The fourth-order valence-corrected chi connectivity index (χ4v) is 2.65. The number of hydrogen-bond acceptors (Lipinski definition) is 3. The van der Waals surface area contributed by atoms with E-state index < -0.39 is 18.3 Å². The summed E-state index contributed by atoms with van der Waals surface area (Å²) in [5.74, 6) is 0.343. The highest BCUT2D eigenvalue weighted by Crippen LogP contribution is 2.34. The molecular weight excluding hydrogens is 283 g/mol. The Hall–Kier alpha value is -1.27. The molecule has 1 N–H and O–H groups in total. The molecule has 1 saturated heterocycles. The van der Waals surface area contributed by atoms with E-state index in [9.17, 15) is 13.2 Å². The predicted molar refractivity (Wildman–Crippen MR) is 74.2 cm³/mol. The summed E-state index contributed by atoms with van der Waals surface area (Å²) in [7, 11) is 1.78. The smallest absolute Gasteiger partial charge is 0.392 e. The molecule has 21 heavy (non-hydrogen) atoms. The van der Waals surface area contributed by atoms with Crippen LogP contribution in [0.5, 0.6) is 0 Å². The van der Waals surface area contributed by atoms with Gasteiger partial charge in [0.15, 0.2) is 0 Å². The largest absolute Gasteiger partial charge is 0.416 e. The second-order valence-electron chi connectivity index (χ2n) is 5.46. The molecule has 3 nitrogen and oxygen atoms in total. The van der Waals surface area contributed by atoms with Gasteiger partial charge in [-0.3, -0.25) is 0 Å². The molecule has 0 saturated carbocycles. The molecule has 1 unspecified atom stereocenters. The molecule has 0 bridgehead atoms. The van der Waals surface area contributed by atoms with E-state index in [0.29, 0.717) is 24.8 Å². The van der Waals surface area contributed by atoms with Gasteiger partial charge in [-0.05, 0) is 36.5 Å². The number of rotatable bonds is 4. The lowest BCUT2D eigenvalue weighted by Crippen LogP contribution is -2.31. The monoisotopic (exact) mass is 303 g/mol. The number of halogens is 3. The summed E-state index contributed by atoms with van der Waals surface area (Å²) in [4.78, 5) is 1.82. The fourth-order valence-electron chi connectivity index (χ4n) is 2.65. The third-order valence-corrected chi connectivity index (χ3v) is 3.80. The normalized spacial score (nSPS) is 19.6. The van der Waals surface area contributed by atoms with Gasteiger partial charge in [-0.1, -0.05) is 6.07 Å². The molecule has 1 fully saturated rings. The Morgan fingerprint density at radius 1 is 1.38 bits per heavy atom. The number of anilines is 1. The summed E-state index contributed by atoms with van der Waals surface area (Å²) in [6.45, 7) is 1.47. The van der Waals surface area contributed by atoms with E-state index in [1.807, 2.05) is 4.90 Å². The van der Waals surface area contributed by atoms with Crippen LogP contribution in [0.2, 0.25) is 0 Å². The van der Waals surface area contributed by atoms with Gasteiger partial charge in [-0.25, -0.2) is 0 Å². The van der Waals surface area contributed by atoms with E-state index in [0.717, 1.165) is 25.5 Å². The van der Waals surface area contributed by atoms with Gasteiger partial charge in [-0.15, -0.1) is 0 Å². The van der Waals surface area contributed by atoms with Gasteiger partial charge < -0.3 is 14.7 Å². The van der Waals surface area contributed by atoms with Gasteiger partial charge in [0, 0.05) is 25.9 Å². The molecule has 1 heterocycles. The van der Waals surface area contributed by atoms with Gasteiger partial charge in [0.05, 0.1) is 18.8 Å². The van der Waals surface area contributed by atoms with Gasteiger partial charge in [0.25, 0.3) is 0 Å². The van der Waals surface area contributed by atoms with Crippen LogP contribution in [0.4, 0.5) is 18.9 Å². The molecule has 118 valence electrons. The Morgan fingerprint density at radius 3 is 2.71 bits per heavy atom. The van der Waals surface area contributed by atoms with Crippen LogP contribution in [0.25, 0.3) is 0 Å². The van der Waals surface area contributed by atoms with Crippen molar-refractivity contribution in [3.05, 3.63) is 29.3 Å². The molecule has 0 aromatic heterocycles. The molecule has 0 spiro atoms. The number of ether oxygens (including phenoxy) is 1. The molecule has 0 radical (unpaired) electrons. The van der Waals surface area contributed by atoms with Crippen molar-refractivity contribution in [2.45, 2.75) is 25.6 Å². The van der Waals surface area contributed by atoms with Gasteiger partial charge in [0.2, 0.25) is 0 Å². The molecule has 0 aliphatic carbocycles. The lowest BCUT2D eigenvalue weighted by Gasteiger charge is -2.29. The zero-order valence-corrected chi connectivity index (χ0v) is 12.0. The highest BCUT2D eigenvalue weighted by Gasteiger charge is 2.33. The summed E-state index contributed by atoms with van der Waals surface area (Å²) < 4.78 is 44.4. The first-order valence-corrected chi connectivity index (χ1v) is 7.01. The van der Waals surface area contributed by atoms with Crippen molar-refractivity contribution in [2.75, 3.05) is 31.7 Å². The standard InChI is InChI=1S/C15H20F3NO2/c1-19(8-11-3-2-6-21-10-11)13-5-4-12(9-20)14(7-13)15(16,17)18/h4-5,7,11,20H,2-3,6,8-10H2,1H3. The van der Waals surface area contributed by atoms with Crippen LogP contribution >= 0.6 is 0 Å². The molecule has 6 heteroatoms. The maximum absolute atomic E-state index is 13.0. The van der Waals surface area contributed by atoms with E-state index in [1.54, 1.807) is 13.1 Å². The fraction of sp³-hybridized carbons (Fsp3) is 0.600. The molecule has 0 amide bonds. The number of nitrogens with zero attached hydrogens (tertiary/aromatic N) is 1. The molecule has 1 aromatic rings. The van der Waals surface area contributed by atoms with Gasteiger partial charge in [-0.2, -0.15) is 13.2 Å². The zero-order chi connectivity index (χ0) is 15.5. The third kappa shape index (κ3) is 4.11. The third-order valence-electron chi connectivity index (χ3n) is 3.80. The average molecular weight is 303 g/mol. The number of aliphatic hydroxyl groups excluding tert-OH is 1. The van der Waals surface area contributed by atoms with E-state index in [2.05, 4.69) is 0 Å². The highest BCUT2D eigenvalue weighted by atomic mass is 19.4. The van der Waals surface area contributed by atoms with Crippen molar-refractivity contribution in [3.63, 3.8) is 0 Å². The van der Waals surface area contributed by atoms with Crippen LogP contribution in [0.15, 0.2) is 18.2 Å². The van der Waals surface area contributed by atoms with E-state index in [-0.39, 0.29) is 5.56 Å². The minimum Gasteiger partial charge on any atom is -0.392 e. The lowest BCUT2D eigenvalue weighted by molar-refractivity contribution is -0.138. The molecule has 1 aliphatic rings. The van der Waals surface area contributed by atoms with Crippen LogP contribution in [0.3, 0.4) is 0 Å². The van der Waals surface area contributed by atoms with E-state index in [1.165, 1.54) is 6.07 Å². The average Bonchev–Trinajstić information content (AvgIpc) is 2.46. The van der Waals surface area contributed by atoms with Crippen molar-refractivity contribution in [1.29, 1.82) is 0 Å². The molecule has 1 aromatic carbocycles. The minimum absolute atomic E-state index is 0.0966. The van der Waals surface area contributed by atoms with Crippen LogP contribution in [-0.4, -0.2) is 31.9 Å². The highest BCUT2D eigenvalue weighted by molar-refractivity contribution is 5.51. The van der Waals surface area contributed by atoms with E-state index >= 15 is 0 Å². The molecule has 1 atom stereocenters. The summed E-state index contributed by atoms with van der Waals surface area (Å²) >= 11 is 0. The maximum Gasteiger partial charge on any atom is 0.416 e. The number of alkyl halides is 3. The molecular formula is C15H20F3NO2. The Morgan fingerprint density at radius 2 is 2.14 bits per heavy atom. The van der Waals surface area contributed by atoms with Crippen LogP contribution < -0.4 is 4.90 Å². The summed E-state index contributed by atoms with van der Waals surface area (Å²) in [6.07, 6.45) is -2.43. The van der Waals surface area contributed by atoms with Crippen molar-refractivity contribution >= 4 is 5.69 Å². The van der Waals surface area contributed by atoms with E-state index in [4.69, 9.17) is 9.84 Å². The van der Waals surface area contributed by atoms with Crippen LogP contribution in [-0.2, 0) is 17.5 Å². The van der Waals surface area contributed by atoms with Crippen molar-refractivity contribution in [1.82, 2.24) is 0 Å². The topological polar surface area (TPSA) is 32.7 Å². The van der Waals surface area contributed by atoms with Gasteiger partial charge in [0.1, 0.15) is 0 Å². The number of hydrogen-bond donors (Lipinski definition) is 1. The molecule has 1 aliphatic heterocycles. The first-order valence-electron chi connectivity index (χ1n) is 7.01. The number of benzene rings is 1. The Labute approximate surface area is 122 Å². The predicted octanol–water partition coefficient (Wildman–Crippen LogP) is 3.06. The molecule has 2 rings (SSSR count). The van der Waals surface area contributed by atoms with Crippen molar-refractivity contribution < 1.29 is 23.0 Å². The van der Waals surface area contributed by atoms with Crippen molar-refractivity contribution in [2.24, 2.45) is 5.92 Å². The van der Waals surface area contributed by atoms with Crippen LogP contribution in [0.1, 0.15) is 24.0 Å². The van der Waals surface area contributed by atoms with Gasteiger partial charge >= 0.3 is 6.18 Å². The first kappa shape index (κ1) is 16.1. The Bertz CT molecular complexity index is 470. The maximum atomic E-state index is 13.0. The quantitative estimate of drug-likeness (QED) is 0.928. The Kier molecular flexibility index (Phi) is 5.11. The Balaban J connectivity index is 2.15. The number of aliphatic hydroxyl groups is 1.